The zero-order chi connectivity index (χ0) is 24.5. The average molecular weight is 490 g/mol. The van der Waals surface area contributed by atoms with Gasteiger partial charge in [0.25, 0.3) is 0 Å². The van der Waals surface area contributed by atoms with Crippen molar-refractivity contribution in [3.63, 3.8) is 0 Å². The fourth-order valence-electron chi connectivity index (χ4n) is 4.09. The molecule has 0 saturated carbocycles. The smallest absolute Gasteiger partial charge is 0.243 e. The first-order valence-electron chi connectivity index (χ1n) is 11.8. The zero-order valence-electron chi connectivity index (χ0n) is 19.7. The number of amides is 1. The number of hydrogen-bond donors (Lipinski definition) is 0. The molecule has 0 atom stereocenters. The lowest BCUT2D eigenvalue weighted by atomic mass is 10.2. The van der Waals surface area contributed by atoms with Crippen molar-refractivity contribution in [1.29, 1.82) is 0 Å². The van der Waals surface area contributed by atoms with Gasteiger partial charge in [-0.3, -0.25) is 9.69 Å². The van der Waals surface area contributed by atoms with E-state index >= 15 is 0 Å². The third kappa shape index (κ3) is 6.88. The first-order chi connectivity index (χ1) is 17.0. The summed E-state index contributed by atoms with van der Waals surface area (Å²) in [6.45, 7) is 3.47. The molecule has 182 valence electrons. The molecule has 3 aromatic carbocycles. The van der Waals surface area contributed by atoms with E-state index in [-0.39, 0.29) is 23.9 Å². The van der Waals surface area contributed by atoms with Crippen molar-refractivity contribution in [2.75, 3.05) is 39.3 Å². The lowest BCUT2D eigenvalue weighted by molar-refractivity contribution is -0.133. The molecule has 1 amide bonds. The number of benzene rings is 3. The van der Waals surface area contributed by atoms with E-state index in [1.165, 1.54) is 9.87 Å². The molecule has 6 nitrogen and oxygen atoms in total. The predicted molar refractivity (Wildman–Crippen MR) is 139 cm³/mol. The summed E-state index contributed by atoms with van der Waals surface area (Å²) in [5.41, 5.74) is 2.01. The van der Waals surface area contributed by atoms with E-state index in [1.54, 1.807) is 35.2 Å². The van der Waals surface area contributed by atoms with Gasteiger partial charge in [-0.25, -0.2) is 8.42 Å². The van der Waals surface area contributed by atoms with E-state index in [1.807, 2.05) is 48.5 Å². The van der Waals surface area contributed by atoms with Crippen LogP contribution in [-0.4, -0.2) is 67.7 Å². The van der Waals surface area contributed by atoms with E-state index in [9.17, 15) is 13.2 Å². The van der Waals surface area contributed by atoms with Gasteiger partial charge in [0.15, 0.2) is 0 Å². The van der Waals surface area contributed by atoms with Crippen molar-refractivity contribution in [3.8, 4) is 0 Å². The molecular formula is C28H31N3O3S. The Morgan fingerprint density at radius 1 is 0.800 bits per heavy atom. The Morgan fingerprint density at radius 2 is 1.37 bits per heavy atom. The van der Waals surface area contributed by atoms with Crippen LogP contribution in [0.25, 0.3) is 6.08 Å². The highest BCUT2D eigenvalue weighted by atomic mass is 32.2. The van der Waals surface area contributed by atoms with Gasteiger partial charge >= 0.3 is 0 Å². The maximum absolute atomic E-state index is 13.4. The highest BCUT2D eigenvalue weighted by Crippen LogP contribution is 2.19. The Hall–Kier alpha value is -3.26. The van der Waals surface area contributed by atoms with Gasteiger partial charge in [-0.2, -0.15) is 4.31 Å². The highest BCUT2D eigenvalue weighted by Gasteiger charge is 2.29. The molecular weight excluding hydrogens is 458 g/mol. The number of carbonyl (C=O) groups excluding carboxylic acids is 1. The zero-order valence-corrected chi connectivity index (χ0v) is 20.6. The van der Waals surface area contributed by atoms with Crippen LogP contribution in [0.3, 0.4) is 0 Å². The summed E-state index contributed by atoms with van der Waals surface area (Å²) in [4.78, 5) is 17.4. The van der Waals surface area contributed by atoms with Gasteiger partial charge in [0.05, 0.1) is 11.4 Å². The molecule has 35 heavy (non-hydrogen) atoms. The van der Waals surface area contributed by atoms with Gasteiger partial charge in [0.2, 0.25) is 15.9 Å². The van der Waals surface area contributed by atoms with Gasteiger partial charge in [-0.1, -0.05) is 91.0 Å². The normalized spacial score (nSPS) is 15.1. The maximum atomic E-state index is 13.4. The van der Waals surface area contributed by atoms with Gasteiger partial charge in [0.1, 0.15) is 0 Å². The first-order valence-corrected chi connectivity index (χ1v) is 13.3. The Morgan fingerprint density at radius 3 is 2.00 bits per heavy atom. The maximum Gasteiger partial charge on any atom is 0.243 e. The van der Waals surface area contributed by atoms with Crippen molar-refractivity contribution < 1.29 is 13.2 Å². The first kappa shape index (κ1) is 24.9. The van der Waals surface area contributed by atoms with Crippen molar-refractivity contribution >= 4 is 22.0 Å². The number of hydrogen-bond acceptors (Lipinski definition) is 4. The molecule has 4 rings (SSSR count). The molecule has 1 aliphatic rings. The van der Waals surface area contributed by atoms with E-state index in [0.29, 0.717) is 13.1 Å². The van der Waals surface area contributed by atoms with Gasteiger partial charge < -0.3 is 4.90 Å². The molecule has 0 unspecified atom stereocenters. The third-order valence-corrected chi connectivity index (χ3v) is 7.90. The van der Waals surface area contributed by atoms with Crippen LogP contribution in [0.2, 0.25) is 0 Å². The molecule has 0 bridgehead atoms. The van der Waals surface area contributed by atoms with E-state index in [4.69, 9.17) is 0 Å². The second-order valence-electron chi connectivity index (χ2n) is 8.57. The Balaban J connectivity index is 1.37. The Kier molecular flexibility index (Phi) is 8.47. The van der Waals surface area contributed by atoms with Crippen LogP contribution in [0, 0.1) is 0 Å². The second kappa shape index (κ2) is 11.9. The lowest BCUT2D eigenvalue weighted by Crippen LogP contribution is -2.51. The highest BCUT2D eigenvalue weighted by molar-refractivity contribution is 7.89. The Labute approximate surface area is 208 Å². The minimum Gasteiger partial charge on any atom is -0.339 e. The average Bonchev–Trinajstić information content (AvgIpc) is 2.90. The number of rotatable bonds is 9. The number of nitrogens with zero attached hydrogens (tertiary/aromatic N) is 3. The molecule has 0 N–H and O–H groups in total. The largest absolute Gasteiger partial charge is 0.339 e. The molecule has 1 fully saturated rings. The third-order valence-electron chi connectivity index (χ3n) is 6.09. The van der Waals surface area contributed by atoms with Crippen molar-refractivity contribution in [3.05, 3.63) is 108 Å². The number of piperazine rings is 1. The molecule has 3 aromatic rings. The minimum atomic E-state index is -3.82. The topological polar surface area (TPSA) is 60.9 Å². The molecule has 1 saturated heterocycles. The monoisotopic (exact) mass is 489 g/mol. The summed E-state index contributed by atoms with van der Waals surface area (Å²) in [7, 11) is -3.82. The van der Waals surface area contributed by atoms with Gasteiger partial charge in [-0.15, -0.1) is 0 Å². The van der Waals surface area contributed by atoms with E-state index < -0.39 is 10.0 Å². The van der Waals surface area contributed by atoms with Crippen molar-refractivity contribution in [2.24, 2.45) is 0 Å². The molecule has 0 aromatic heterocycles. The molecule has 7 heteroatoms. The van der Waals surface area contributed by atoms with Crippen LogP contribution in [-0.2, 0) is 21.4 Å². The molecule has 1 aliphatic heterocycles. The molecule has 0 aliphatic carbocycles. The summed E-state index contributed by atoms with van der Waals surface area (Å²) in [6, 6.07) is 27.9. The van der Waals surface area contributed by atoms with E-state index in [0.717, 1.165) is 25.2 Å². The minimum absolute atomic E-state index is 0.147. The fourth-order valence-corrected chi connectivity index (χ4v) is 5.49. The second-order valence-corrected chi connectivity index (χ2v) is 10.5. The quantitative estimate of drug-likeness (QED) is 0.460. The van der Waals surface area contributed by atoms with Crippen molar-refractivity contribution in [1.82, 2.24) is 14.1 Å². The van der Waals surface area contributed by atoms with Crippen LogP contribution in [0.5, 0.6) is 0 Å². The number of sulfonamides is 1. The van der Waals surface area contributed by atoms with Crippen molar-refractivity contribution in [2.45, 2.75) is 11.4 Å². The summed E-state index contributed by atoms with van der Waals surface area (Å²) in [5.74, 6) is -0.167. The van der Waals surface area contributed by atoms with Crippen LogP contribution in [0.15, 0.2) is 102 Å². The van der Waals surface area contributed by atoms with Crippen LogP contribution >= 0.6 is 0 Å². The summed E-state index contributed by atoms with van der Waals surface area (Å²) in [5, 5.41) is 0. The lowest BCUT2D eigenvalue weighted by Gasteiger charge is -2.35. The van der Waals surface area contributed by atoms with Crippen LogP contribution in [0.4, 0.5) is 0 Å². The summed E-state index contributed by atoms with van der Waals surface area (Å²) >= 11 is 0. The molecule has 0 radical (unpaired) electrons. The van der Waals surface area contributed by atoms with Gasteiger partial charge in [0, 0.05) is 39.3 Å². The SMILES string of the molecule is O=C(CN(Cc1ccccc1)S(=O)(=O)c1ccccc1)N1CCN(C/C=C/c2ccccc2)CC1. The van der Waals surface area contributed by atoms with Crippen LogP contribution < -0.4 is 0 Å². The number of carbonyl (C=O) groups is 1. The molecule has 1 heterocycles. The molecule has 0 spiro atoms. The van der Waals surface area contributed by atoms with Gasteiger partial charge in [-0.05, 0) is 23.3 Å². The summed E-state index contributed by atoms with van der Waals surface area (Å²) < 4.78 is 28.0. The fraction of sp³-hybridized carbons (Fsp3) is 0.250. The summed E-state index contributed by atoms with van der Waals surface area (Å²) in [6.07, 6.45) is 4.24. The Bertz CT molecular complexity index is 1210. The predicted octanol–water partition coefficient (Wildman–Crippen LogP) is 3.74. The van der Waals surface area contributed by atoms with E-state index in [2.05, 4.69) is 29.2 Å². The van der Waals surface area contributed by atoms with Crippen LogP contribution in [0.1, 0.15) is 11.1 Å². The standard InChI is InChI=1S/C28H31N3O3S/c32-28(30-21-19-29(20-22-30)18-10-15-25-11-4-1-5-12-25)24-31(23-26-13-6-2-7-14-26)35(33,34)27-16-8-3-9-17-27/h1-17H,18-24H2/b15-10+.